The molecule has 3 saturated carbocycles. The summed E-state index contributed by atoms with van der Waals surface area (Å²) in [5, 5.41) is 9.24. The molecular formula is C27H32N4O. The van der Waals surface area contributed by atoms with Gasteiger partial charge < -0.3 is 9.88 Å². The van der Waals surface area contributed by atoms with E-state index in [1.165, 1.54) is 32.1 Å². The summed E-state index contributed by atoms with van der Waals surface area (Å²) in [6.45, 7) is 4.93. The van der Waals surface area contributed by atoms with Gasteiger partial charge in [0.05, 0.1) is 22.7 Å². The number of carbonyl (C=O) groups is 1. The smallest absolute Gasteiger partial charge is 0.246 e. The van der Waals surface area contributed by atoms with E-state index in [0.29, 0.717) is 29.4 Å². The number of rotatable bonds is 1. The number of carbonyl (C=O) groups excluding carboxylic acids is 1. The Hall–Kier alpha value is -2.61. The molecule has 6 rings (SSSR count). The van der Waals surface area contributed by atoms with Gasteiger partial charge in [-0.3, -0.25) is 4.79 Å². The third kappa shape index (κ3) is 2.56. The molecule has 1 aliphatic heterocycles. The second-order valence-corrected chi connectivity index (χ2v) is 11.3. The molecule has 166 valence electrons. The molecule has 0 spiro atoms. The number of aromatic amines is 1. The molecule has 0 radical (unpaired) electrons. The number of benzene rings is 1. The highest BCUT2D eigenvalue weighted by Crippen LogP contribution is 2.67. The van der Waals surface area contributed by atoms with Gasteiger partial charge in [0.25, 0.3) is 0 Å². The van der Waals surface area contributed by atoms with Crippen molar-refractivity contribution in [2.24, 2.45) is 28.6 Å². The fourth-order valence-electron chi connectivity index (χ4n) is 8.45. The van der Waals surface area contributed by atoms with Gasteiger partial charge in [-0.1, -0.05) is 19.9 Å². The van der Waals surface area contributed by atoms with Crippen LogP contribution in [-0.2, 0) is 4.79 Å². The average Bonchev–Trinajstić information content (AvgIpc) is 3.36. The predicted octanol–water partition coefficient (Wildman–Crippen LogP) is 5.16. The molecule has 1 N–H and O–H groups in total. The van der Waals surface area contributed by atoms with Gasteiger partial charge >= 0.3 is 0 Å². The maximum absolute atomic E-state index is 12.3. The highest BCUT2D eigenvalue weighted by Gasteiger charge is 2.60. The molecule has 3 fully saturated rings. The Morgan fingerprint density at radius 2 is 2.00 bits per heavy atom. The molecule has 1 aromatic carbocycles. The average molecular weight is 429 g/mol. The lowest BCUT2D eigenvalue weighted by molar-refractivity contribution is -0.138. The normalized spacial score (nSPS) is 40.6. The summed E-state index contributed by atoms with van der Waals surface area (Å²) in [5.74, 6) is 3.81. The Kier molecular flexibility index (Phi) is 4.19. The quantitative estimate of drug-likeness (QED) is 0.682. The first kappa shape index (κ1) is 20.0. The van der Waals surface area contributed by atoms with Gasteiger partial charge in [-0.05, 0) is 86.0 Å². The molecule has 0 bridgehead atoms. The first-order valence-electron chi connectivity index (χ1n) is 12.2. The molecule has 2 unspecified atom stereocenters. The minimum atomic E-state index is 0.0953. The summed E-state index contributed by atoms with van der Waals surface area (Å²) in [6, 6.07) is 8.32. The maximum atomic E-state index is 12.3. The summed E-state index contributed by atoms with van der Waals surface area (Å²) in [7, 11) is 1.99. The van der Waals surface area contributed by atoms with Crippen molar-refractivity contribution in [1.82, 2.24) is 14.9 Å². The van der Waals surface area contributed by atoms with Crippen molar-refractivity contribution in [1.29, 1.82) is 5.26 Å². The van der Waals surface area contributed by atoms with E-state index in [0.717, 1.165) is 29.2 Å². The number of nitrogens with zero attached hydrogens (tertiary/aromatic N) is 3. The van der Waals surface area contributed by atoms with E-state index >= 15 is 0 Å². The van der Waals surface area contributed by atoms with Gasteiger partial charge in [0.2, 0.25) is 5.91 Å². The Balaban J connectivity index is 1.33. The SMILES string of the molecule is CN1C(=O)C=C[C@@]2(C)C1CC[C@@H]1[C@H]2CC[C@]2(C)C(c3nc4ccc(C#N)cc4[nH]3)CC[C@@H]12. The number of nitrogens with one attached hydrogen (secondary N) is 1. The van der Waals surface area contributed by atoms with Crippen molar-refractivity contribution >= 4 is 16.9 Å². The fourth-order valence-corrected chi connectivity index (χ4v) is 8.45. The van der Waals surface area contributed by atoms with Crippen LogP contribution in [0.5, 0.6) is 0 Å². The molecule has 2 heterocycles. The van der Waals surface area contributed by atoms with E-state index in [9.17, 15) is 10.1 Å². The van der Waals surface area contributed by atoms with E-state index in [-0.39, 0.29) is 16.7 Å². The number of fused-ring (bicyclic) bond motifs is 6. The minimum absolute atomic E-state index is 0.0953. The first-order chi connectivity index (χ1) is 15.3. The van der Waals surface area contributed by atoms with Gasteiger partial charge in [0, 0.05) is 24.4 Å². The third-order valence-electron chi connectivity index (χ3n) is 10.1. The van der Waals surface area contributed by atoms with Crippen LogP contribution in [0.2, 0.25) is 0 Å². The monoisotopic (exact) mass is 428 g/mol. The van der Waals surface area contributed by atoms with Crippen molar-refractivity contribution in [2.45, 2.75) is 64.3 Å². The zero-order chi connectivity index (χ0) is 22.3. The highest BCUT2D eigenvalue weighted by atomic mass is 16.2. The van der Waals surface area contributed by atoms with Gasteiger partial charge in [-0.2, -0.15) is 5.26 Å². The fraction of sp³-hybridized carbons (Fsp3) is 0.593. The van der Waals surface area contributed by atoms with E-state index in [4.69, 9.17) is 4.98 Å². The third-order valence-corrected chi connectivity index (χ3v) is 10.1. The van der Waals surface area contributed by atoms with Crippen LogP contribution >= 0.6 is 0 Å². The van der Waals surface area contributed by atoms with E-state index in [1.54, 1.807) is 0 Å². The second kappa shape index (κ2) is 6.70. The molecule has 3 aliphatic carbocycles. The number of imidazole rings is 1. The summed E-state index contributed by atoms with van der Waals surface area (Å²) in [6.07, 6.45) is 11.3. The lowest BCUT2D eigenvalue weighted by atomic mass is 9.47. The van der Waals surface area contributed by atoms with E-state index in [2.05, 4.69) is 31.0 Å². The van der Waals surface area contributed by atoms with Crippen LogP contribution in [0.15, 0.2) is 30.4 Å². The molecule has 5 nitrogen and oxygen atoms in total. The van der Waals surface area contributed by atoms with Gasteiger partial charge in [0.15, 0.2) is 0 Å². The van der Waals surface area contributed by atoms with Crippen molar-refractivity contribution in [3.05, 3.63) is 41.7 Å². The van der Waals surface area contributed by atoms with Crippen LogP contribution in [-0.4, -0.2) is 33.9 Å². The van der Waals surface area contributed by atoms with Crippen molar-refractivity contribution in [2.75, 3.05) is 7.05 Å². The van der Waals surface area contributed by atoms with Crippen LogP contribution in [0.25, 0.3) is 11.0 Å². The molecule has 4 aliphatic rings. The largest absolute Gasteiger partial charge is 0.342 e. The topological polar surface area (TPSA) is 72.8 Å². The molecule has 7 atom stereocenters. The maximum Gasteiger partial charge on any atom is 0.246 e. The van der Waals surface area contributed by atoms with Crippen molar-refractivity contribution in [3.63, 3.8) is 0 Å². The van der Waals surface area contributed by atoms with Gasteiger partial charge in [-0.15, -0.1) is 0 Å². The molecule has 5 heteroatoms. The Morgan fingerprint density at radius 3 is 2.81 bits per heavy atom. The number of aromatic nitrogens is 2. The molecule has 1 amide bonds. The zero-order valence-electron chi connectivity index (χ0n) is 19.3. The summed E-state index contributed by atoms with van der Waals surface area (Å²) in [5.41, 5.74) is 2.98. The summed E-state index contributed by atoms with van der Waals surface area (Å²) >= 11 is 0. The Labute approximate surface area is 189 Å². The Morgan fingerprint density at radius 1 is 1.16 bits per heavy atom. The van der Waals surface area contributed by atoms with Gasteiger partial charge in [0.1, 0.15) is 5.82 Å². The molecule has 1 aromatic heterocycles. The Bertz CT molecular complexity index is 1170. The first-order valence-corrected chi connectivity index (χ1v) is 12.2. The number of hydrogen-bond donors (Lipinski definition) is 1. The molecular weight excluding hydrogens is 396 g/mol. The van der Waals surface area contributed by atoms with Crippen LogP contribution in [0.1, 0.15) is 69.7 Å². The van der Waals surface area contributed by atoms with Crippen LogP contribution in [0.3, 0.4) is 0 Å². The van der Waals surface area contributed by atoms with Gasteiger partial charge in [-0.25, -0.2) is 4.98 Å². The second-order valence-electron chi connectivity index (χ2n) is 11.3. The van der Waals surface area contributed by atoms with E-state index in [1.807, 2.05) is 36.2 Å². The standard InChI is InChI=1S/C27H32N4O/c1-26-12-10-19-17(5-9-23-27(19,2)13-11-24(32)31(23)3)18(26)6-7-20(26)25-29-21-8-4-16(15-28)14-22(21)30-25/h4,8,11,13-14,17-20,23H,5-7,9-10,12H2,1-3H3,(H,29,30)/t17-,18-,19+,20?,23?,26-,27+/m0/s1. The molecule has 2 aromatic rings. The van der Waals surface area contributed by atoms with Crippen LogP contribution < -0.4 is 0 Å². The summed E-state index contributed by atoms with van der Waals surface area (Å²) in [4.78, 5) is 22.9. The summed E-state index contributed by atoms with van der Waals surface area (Å²) < 4.78 is 0. The lowest BCUT2D eigenvalue weighted by Gasteiger charge is -2.60. The van der Waals surface area contributed by atoms with E-state index < -0.39 is 0 Å². The predicted molar refractivity (Wildman–Crippen MR) is 124 cm³/mol. The van der Waals surface area contributed by atoms with Crippen LogP contribution in [0, 0.1) is 39.9 Å². The molecule has 0 saturated heterocycles. The number of amides is 1. The van der Waals surface area contributed by atoms with Crippen molar-refractivity contribution < 1.29 is 4.79 Å². The van der Waals surface area contributed by atoms with Crippen LogP contribution in [0.4, 0.5) is 0 Å². The number of nitriles is 1. The number of H-pyrrole nitrogens is 1. The van der Waals surface area contributed by atoms with Crippen molar-refractivity contribution in [3.8, 4) is 6.07 Å². The lowest BCUT2D eigenvalue weighted by Crippen LogP contribution is -2.59. The molecule has 32 heavy (non-hydrogen) atoms. The number of likely N-dealkylation sites (N-methyl/N-ethyl adjacent to an activating group) is 1. The number of hydrogen-bond acceptors (Lipinski definition) is 3. The zero-order valence-corrected chi connectivity index (χ0v) is 19.3. The highest BCUT2D eigenvalue weighted by molar-refractivity contribution is 5.89. The minimum Gasteiger partial charge on any atom is -0.342 e.